The zero-order chi connectivity index (χ0) is 42.8. The molecule has 19 atom stereocenters. The fourth-order valence-electron chi connectivity index (χ4n) is 13.7. The van der Waals surface area contributed by atoms with E-state index in [0.29, 0.717) is 38.5 Å². The van der Waals surface area contributed by atoms with Crippen molar-refractivity contribution in [2.75, 3.05) is 13.2 Å². The summed E-state index contributed by atoms with van der Waals surface area (Å²) in [6, 6.07) is 0. The molecule has 0 amide bonds. The van der Waals surface area contributed by atoms with E-state index in [1.165, 1.54) is 0 Å². The minimum Gasteiger partial charge on any atom is -0.432 e. The number of carbonyl (C=O) groups excluding carboxylic acids is 1. The molecule has 5 aliphatic carbocycles. The Morgan fingerprint density at radius 3 is 2.21 bits per heavy atom. The number of allylic oxidation sites excluding steroid dienone is 1. The molecule has 2 heterocycles. The Hall–Kier alpha value is -1.32. The highest BCUT2D eigenvalue weighted by atomic mass is 32.3. The van der Waals surface area contributed by atoms with Gasteiger partial charge in [0.15, 0.2) is 12.4 Å². The third kappa shape index (κ3) is 6.67. The summed E-state index contributed by atoms with van der Waals surface area (Å²) in [6.45, 7) is 14.1. The molecule has 7 aliphatic rings. The van der Waals surface area contributed by atoms with Gasteiger partial charge in [0, 0.05) is 5.92 Å². The van der Waals surface area contributed by atoms with Gasteiger partial charge in [-0.15, -0.1) is 0 Å². The first-order valence-electron chi connectivity index (χ1n) is 21.0. The summed E-state index contributed by atoms with van der Waals surface area (Å²) in [5.74, 6) is -1.07. The van der Waals surface area contributed by atoms with Gasteiger partial charge in [-0.05, 0) is 104 Å². The maximum atomic E-state index is 14.6. The van der Waals surface area contributed by atoms with E-state index in [1.54, 1.807) is 0 Å². The summed E-state index contributed by atoms with van der Waals surface area (Å²) in [5.41, 5.74) is -2.76. The van der Waals surface area contributed by atoms with E-state index in [-0.39, 0.29) is 35.2 Å². The predicted octanol–water partition coefficient (Wildman–Crippen LogP) is 1.75. The normalized spacial score (nSPS) is 52.9. The van der Waals surface area contributed by atoms with E-state index in [4.69, 9.17) is 23.1 Å². The van der Waals surface area contributed by atoms with Crippen molar-refractivity contribution in [3.63, 3.8) is 0 Å². The van der Waals surface area contributed by atoms with Crippen molar-refractivity contribution in [3.8, 4) is 0 Å². The largest absolute Gasteiger partial charge is 0.432 e. The second-order valence-electron chi connectivity index (χ2n) is 20.4. The van der Waals surface area contributed by atoms with Crippen molar-refractivity contribution in [1.82, 2.24) is 0 Å². The summed E-state index contributed by atoms with van der Waals surface area (Å²) in [4.78, 5) is 14.6. The Morgan fingerprint density at radius 1 is 0.862 bits per heavy atom. The molecular formula is C41H66O16S. The standard InChI is InChI=1S/C41H66O16S/c1-20-10-15-41(35(48)56-33-30(47)29(46)28(45)23(18-42)54-33)17-16-38(5)21(32(41)40(20,7)49)8-9-25-37(4)13-12-26(36(2,3)24(37)11-14-39(25,38)6)55-34-31(57-58(50,51)52)27(44)22(43)19-53-34/h8,20,22-34,42-47,49H,9-19H2,1-7H3,(H,50,51,52)/t20-,22+,23-,24+,25-,26+,27+,28-,29+,30-,31-,32-,33+,34+,37+,38-,39-,40-,41+/m1/s1. The SMILES string of the molecule is C[C@@H]1CC[C@]2(C(=O)O[C@@H]3O[C@H](CO)[C@@H](O)[C@H](O)[C@H]3O)CC[C@]3(C)C(=CC[C@@H]4[C@@]5(C)CC[C@H](O[C@@H]6OC[C@H](O)[C@H](O)[C@H]6OS(=O)(=O)O)C(C)(C)[C@@H]5CC[C@]43C)[C@@H]2[C@]1(C)O. The van der Waals surface area contributed by atoms with Gasteiger partial charge >= 0.3 is 16.4 Å². The summed E-state index contributed by atoms with van der Waals surface area (Å²) in [7, 11) is -5.01. The quantitative estimate of drug-likeness (QED) is 0.0786. The van der Waals surface area contributed by atoms with E-state index < -0.39 is 112 Å². The van der Waals surface area contributed by atoms with Crippen molar-refractivity contribution < 1.29 is 76.6 Å². The first-order valence-corrected chi connectivity index (χ1v) is 22.4. The molecule has 0 aromatic heterocycles. The molecule has 0 radical (unpaired) electrons. The third-order valence-corrected chi connectivity index (χ3v) is 17.9. The first-order chi connectivity index (χ1) is 26.8. The average molecular weight is 847 g/mol. The van der Waals surface area contributed by atoms with Gasteiger partial charge in [-0.3, -0.25) is 9.35 Å². The molecule has 332 valence electrons. The van der Waals surface area contributed by atoms with Crippen LogP contribution in [0.1, 0.15) is 106 Å². The molecule has 17 heteroatoms. The van der Waals surface area contributed by atoms with Gasteiger partial charge in [-0.25, -0.2) is 4.18 Å². The zero-order valence-corrected chi connectivity index (χ0v) is 35.5. The second-order valence-corrected chi connectivity index (χ2v) is 21.4. The van der Waals surface area contributed by atoms with Gasteiger partial charge in [0.05, 0.1) is 30.3 Å². The lowest BCUT2D eigenvalue weighted by molar-refractivity contribution is -0.304. The van der Waals surface area contributed by atoms with Gasteiger partial charge < -0.3 is 54.7 Å². The first kappa shape index (κ1) is 44.7. The summed E-state index contributed by atoms with van der Waals surface area (Å²) >= 11 is 0. The number of hydrogen-bond acceptors (Lipinski definition) is 15. The van der Waals surface area contributed by atoms with Gasteiger partial charge in [-0.1, -0.05) is 53.2 Å². The molecule has 0 bridgehead atoms. The Balaban J connectivity index is 1.18. The molecule has 4 saturated carbocycles. The van der Waals surface area contributed by atoms with Crippen LogP contribution in [-0.4, -0.2) is 135 Å². The molecule has 0 aromatic rings. The van der Waals surface area contributed by atoms with Crippen molar-refractivity contribution >= 4 is 16.4 Å². The maximum absolute atomic E-state index is 14.6. The summed E-state index contributed by atoms with van der Waals surface area (Å²) < 4.78 is 61.3. The van der Waals surface area contributed by atoms with Crippen molar-refractivity contribution in [3.05, 3.63) is 11.6 Å². The van der Waals surface area contributed by atoms with Crippen LogP contribution in [0.4, 0.5) is 0 Å². The summed E-state index contributed by atoms with van der Waals surface area (Å²) in [5, 5.41) is 74.7. The van der Waals surface area contributed by atoms with Gasteiger partial charge in [-0.2, -0.15) is 8.42 Å². The minimum atomic E-state index is -5.01. The van der Waals surface area contributed by atoms with Crippen molar-refractivity contribution in [2.45, 2.75) is 173 Å². The van der Waals surface area contributed by atoms with E-state index in [9.17, 15) is 53.5 Å². The number of esters is 1. The fourth-order valence-corrected chi connectivity index (χ4v) is 14.2. The van der Waals surface area contributed by atoms with Crippen LogP contribution in [-0.2, 0) is 38.3 Å². The fraction of sp³-hybridized carbons (Fsp3) is 0.927. The molecule has 58 heavy (non-hydrogen) atoms. The monoisotopic (exact) mass is 846 g/mol. The maximum Gasteiger partial charge on any atom is 0.397 e. The molecule has 0 aromatic carbocycles. The average Bonchev–Trinajstić information content (AvgIpc) is 3.13. The van der Waals surface area contributed by atoms with E-state index in [0.717, 1.165) is 24.8 Å². The molecule has 8 N–H and O–H groups in total. The number of aliphatic hydroxyl groups is 7. The molecular weight excluding hydrogens is 781 g/mol. The van der Waals surface area contributed by atoms with Crippen LogP contribution >= 0.6 is 0 Å². The molecule has 2 aliphatic heterocycles. The molecule has 6 fully saturated rings. The number of ether oxygens (including phenoxy) is 4. The number of carbonyl (C=O) groups is 1. The highest BCUT2D eigenvalue weighted by molar-refractivity contribution is 7.80. The lowest BCUT2D eigenvalue weighted by atomic mass is 9.33. The molecule has 16 nitrogen and oxygen atoms in total. The Kier molecular flexibility index (Phi) is 11.5. The molecule has 7 rings (SSSR count). The molecule has 0 unspecified atom stereocenters. The smallest absolute Gasteiger partial charge is 0.397 e. The number of fused-ring (bicyclic) bond motifs is 7. The lowest BCUT2D eigenvalue weighted by Crippen LogP contribution is -2.68. The predicted molar refractivity (Wildman–Crippen MR) is 203 cm³/mol. The number of aliphatic hydroxyl groups excluding tert-OH is 6. The highest BCUT2D eigenvalue weighted by Gasteiger charge is 2.72. The Labute approximate surface area is 341 Å². The Morgan fingerprint density at radius 2 is 1.55 bits per heavy atom. The van der Waals surface area contributed by atoms with Crippen LogP contribution in [0.25, 0.3) is 0 Å². The molecule has 0 spiro atoms. The van der Waals surface area contributed by atoms with Crippen LogP contribution in [0.5, 0.6) is 0 Å². The van der Waals surface area contributed by atoms with Crippen molar-refractivity contribution in [2.24, 2.45) is 50.7 Å². The van der Waals surface area contributed by atoms with E-state index in [2.05, 4.69) is 40.7 Å². The van der Waals surface area contributed by atoms with Crippen LogP contribution in [0.15, 0.2) is 11.6 Å². The number of hydrogen-bond donors (Lipinski definition) is 8. The number of rotatable bonds is 7. The van der Waals surface area contributed by atoms with Gasteiger partial charge in [0.25, 0.3) is 0 Å². The lowest BCUT2D eigenvalue weighted by Gasteiger charge is -2.72. The minimum absolute atomic E-state index is 0.143. The van der Waals surface area contributed by atoms with Gasteiger partial charge in [0.2, 0.25) is 6.29 Å². The third-order valence-electron chi connectivity index (χ3n) is 17.4. The van der Waals surface area contributed by atoms with Crippen LogP contribution < -0.4 is 0 Å². The summed E-state index contributed by atoms with van der Waals surface area (Å²) in [6.07, 6.45) is -6.49. The van der Waals surface area contributed by atoms with Gasteiger partial charge in [0.1, 0.15) is 36.6 Å². The van der Waals surface area contributed by atoms with Crippen LogP contribution in [0.3, 0.4) is 0 Å². The zero-order valence-electron chi connectivity index (χ0n) is 34.7. The Bertz CT molecular complexity index is 1720. The highest BCUT2D eigenvalue weighted by Crippen LogP contribution is 2.76. The topological polar surface area (TPSA) is 259 Å². The van der Waals surface area contributed by atoms with E-state index >= 15 is 0 Å². The second kappa shape index (κ2) is 14.9. The molecule has 2 saturated heterocycles. The van der Waals surface area contributed by atoms with Crippen molar-refractivity contribution in [1.29, 1.82) is 0 Å². The van der Waals surface area contributed by atoms with Crippen LogP contribution in [0.2, 0.25) is 0 Å². The van der Waals surface area contributed by atoms with Crippen LogP contribution in [0, 0.1) is 50.7 Å². The van der Waals surface area contributed by atoms with E-state index in [1.807, 2.05) is 13.8 Å².